The third-order valence-corrected chi connectivity index (χ3v) is 11.5. The highest BCUT2D eigenvalue weighted by Crippen LogP contribution is 2.13. The van der Waals surface area contributed by atoms with Gasteiger partial charge in [-0.1, -0.05) is 249 Å². The molecule has 0 aromatic heterocycles. The zero-order valence-electron chi connectivity index (χ0n) is 46.6. The van der Waals surface area contributed by atoms with E-state index in [1.54, 1.807) is 0 Å². The SMILES string of the molecule is CC/C=C\C/C=C\C/C=C\C/C=C\C/C=C\C/C=C\C/C=C\CCCCCCCC(=O)OCC(COC(=O)CCCCCCCCCCC)OC(=O)CC/C=C\C/C=C\C/C=C\C/C=C\C/C=C\C/C=C\CC. The van der Waals surface area contributed by atoms with Crippen LogP contribution < -0.4 is 0 Å². The molecule has 0 aliphatic heterocycles. The second-order valence-electron chi connectivity index (χ2n) is 18.4. The number of hydrogen-bond acceptors (Lipinski definition) is 6. The van der Waals surface area contributed by atoms with Gasteiger partial charge in [-0.25, -0.2) is 0 Å². The van der Waals surface area contributed by atoms with Crippen molar-refractivity contribution in [2.45, 2.75) is 232 Å². The largest absolute Gasteiger partial charge is 0.462 e. The van der Waals surface area contributed by atoms with E-state index in [4.69, 9.17) is 14.2 Å². The van der Waals surface area contributed by atoms with E-state index in [2.05, 4.69) is 167 Å². The van der Waals surface area contributed by atoms with E-state index in [1.807, 2.05) is 12.2 Å². The molecule has 6 heteroatoms. The third kappa shape index (κ3) is 57.8. The summed E-state index contributed by atoms with van der Waals surface area (Å²) in [7, 11) is 0. The van der Waals surface area contributed by atoms with E-state index in [0.717, 1.165) is 141 Å². The Morgan fingerprint density at radius 1 is 0.288 bits per heavy atom. The van der Waals surface area contributed by atoms with Crippen LogP contribution >= 0.6 is 0 Å². The van der Waals surface area contributed by atoms with E-state index in [9.17, 15) is 14.4 Å². The summed E-state index contributed by atoms with van der Waals surface area (Å²) in [6.45, 7) is 6.29. The van der Waals surface area contributed by atoms with Gasteiger partial charge in [-0.2, -0.15) is 0 Å². The van der Waals surface area contributed by atoms with Crippen LogP contribution in [0.4, 0.5) is 0 Å². The van der Waals surface area contributed by atoms with Gasteiger partial charge in [-0.3, -0.25) is 14.4 Å². The molecule has 0 spiro atoms. The standard InChI is InChI=1S/C67H104O6/c1-4-7-10-13-16-19-21-23-25-27-29-30-31-32-33-34-35-36-38-39-41-43-45-48-51-54-57-60-66(69)72-63-64(62-71-65(68)59-56-53-50-47-18-15-12-9-6-3)73-67(70)61-58-55-52-49-46-44-42-40-37-28-26-24-22-20-17-14-11-8-5-2/h7-8,10-11,16-17,19-20,23-26,29-30,32-33,35-37,39-41,44,46,52,55,64H,4-6,9,12-15,18,21-22,27-28,31,34,38,42-43,45,47-51,53-54,56-63H2,1-3H3/b10-7-,11-8-,19-16-,20-17-,25-23-,26-24-,30-29-,33-32-,36-35-,40-37-,41-39-,46-44-,55-52-. The Morgan fingerprint density at radius 3 is 0.890 bits per heavy atom. The first-order valence-electron chi connectivity index (χ1n) is 29.0. The molecule has 6 nitrogen and oxygen atoms in total. The van der Waals surface area contributed by atoms with E-state index in [-0.39, 0.29) is 31.6 Å². The Morgan fingerprint density at radius 2 is 0.562 bits per heavy atom. The maximum Gasteiger partial charge on any atom is 0.306 e. The summed E-state index contributed by atoms with van der Waals surface area (Å²) in [5.74, 6) is -1.04. The van der Waals surface area contributed by atoms with Gasteiger partial charge in [0.15, 0.2) is 6.10 Å². The van der Waals surface area contributed by atoms with Crippen LogP contribution in [0.25, 0.3) is 0 Å². The molecule has 408 valence electrons. The molecule has 0 radical (unpaired) electrons. The predicted molar refractivity (Wildman–Crippen MR) is 315 cm³/mol. The highest BCUT2D eigenvalue weighted by atomic mass is 16.6. The van der Waals surface area contributed by atoms with Crippen molar-refractivity contribution in [1.82, 2.24) is 0 Å². The van der Waals surface area contributed by atoms with Crippen LogP contribution in [0.1, 0.15) is 226 Å². The minimum absolute atomic E-state index is 0.120. The van der Waals surface area contributed by atoms with Gasteiger partial charge in [0.05, 0.1) is 0 Å². The lowest BCUT2D eigenvalue weighted by Gasteiger charge is -2.18. The summed E-state index contributed by atoms with van der Waals surface area (Å²) in [6.07, 6.45) is 86.8. The molecule has 0 saturated carbocycles. The van der Waals surface area contributed by atoms with Crippen LogP contribution in [0.15, 0.2) is 158 Å². The minimum Gasteiger partial charge on any atom is -0.462 e. The molecule has 0 aliphatic carbocycles. The second-order valence-corrected chi connectivity index (χ2v) is 18.4. The molecular formula is C67H104O6. The van der Waals surface area contributed by atoms with Crippen molar-refractivity contribution in [3.05, 3.63) is 158 Å². The quantitative estimate of drug-likeness (QED) is 0.0261. The van der Waals surface area contributed by atoms with Crippen LogP contribution in [-0.2, 0) is 28.6 Å². The molecule has 0 amide bonds. The fourth-order valence-electron chi connectivity index (χ4n) is 7.27. The van der Waals surface area contributed by atoms with Crippen molar-refractivity contribution in [3.8, 4) is 0 Å². The topological polar surface area (TPSA) is 78.9 Å². The summed E-state index contributed by atoms with van der Waals surface area (Å²) < 4.78 is 16.7. The lowest BCUT2D eigenvalue weighted by atomic mass is 10.1. The molecule has 1 unspecified atom stereocenters. The molecule has 73 heavy (non-hydrogen) atoms. The van der Waals surface area contributed by atoms with Gasteiger partial charge >= 0.3 is 17.9 Å². The van der Waals surface area contributed by atoms with Crippen LogP contribution in [0.3, 0.4) is 0 Å². The van der Waals surface area contributed by atoms with Crippen LogP contribution in [0, 0.1) is 0 Å². The van der Waals surface area contributed by atoms with Crippen LogP contribution in [0.5, 0.6) is 0 Å². The number of hydrogen-bond donors (Lipinski definition) is 0. The number of carbonyl (C=O) groups excluding carboxylic acids is 3. The summed E-state index contributed by atoms with van der Waals surface area (Å²) in [6, 6.07) is 0. The van der Waals surface area contributed by atoms with Crippen molar-refractivity contribution >= 4 is 17.9 Å². The zero-order chi connectivity index (χ0) is 52.9. The monoisotopic (exact) mass is 1000 g/mol. The lowest BCUT2D eigenvalue weighted by Crippen LogP contribution is -2.30. The predicted octanol–water partition coefficient (Wildman–Crippen LogP) is 19.8. The molecule has 1 atom stereocenters. The van der Waals surface area contributed by atoms with Crippen molar-refractivity contribution in [2.24, 2.45) is 0 Å². The van der Waals surface area contributed by atoms with Crippen molar-refractivity contribution in [2.75, 3.05) is 13.2 Å². The number of allylic oxidation sites excluding steroid dienone is 26. The van der Waals surface area contributed by atoms with E-state index < -0.39 is 12.1 Å². The molecule has 0 fully saturated rings. The Balaban J connectivity index is 4.43. The van der Waals surface area contributed by atoms with Crippen molar-refractivity contribution in [3.63, 3.8) is 0 Å². The third-order valence-electron chi connectivity index (χ3n) is 11.5. The summed E-state index contributed by atoms with van der Waals surface area (Å²) >= 11 is 0. The van der Waals surface area contributed by atoms with Gasteiger partial charge in [0, 0.05) is 19.3 Å². The molecule has 0 bridgehead atoms. The summed E-state index contributed by atoms with van der Waals surface area (Å²) in [5, 5.41) is 0. The van der Waals surface area contributed by atoms with Gasteiger partial charge in [0.2, 0.25) is 0 Å². The fourth-order valence-corrected chi connectivity index (χ4v) is 7.27. The molecule has 0 aliphatic rings. The minimum atomic E-state index is -0.832. The van der Waals surface area contributed by atoms with Crippen molar-refractivity contribution in [1.29, 1.82) is 0 Å². The van der Waals surface area contributed by atoms with Crippen LogP contribution in [0.2, 0.25) is 0 Å². The molecule has 0 rings (SSSR count). The number of ether oxygens (including phenoxy) is 3. The Kier molecular flexibility index (Phi) is 55.5. The van der Waals surface area contributed by atoms with E-state index in [0.29, 0.717) is 19.3 Å². The van der Waals surface area contributed by atoms with Crippen molar-refractivity contribution < 1.29 is 28.6 Å². The summed E-state index contributed by atoms with van der Waals surface area (Å²) in [5.41, 5.74) is 0. The summed E-state index contributed by atoms with van der Waals surface area (Å²) in [4.78, 5) is 38.0. The Bertz CT molecular complexity index is 1670. The number of esters is 3. The molecule has 0 saturated heterocycles. The number of unbranched alkanes of at least 4 members (excludes halogenated alkanes) is 13. The average Bonchev–Trinajstić information content (AvgIpc) is 3.39. The molecule has 0 N–H and O–H groups in total. The van der Waals surface area contributed by atoms with Gasteiger partial charge in [-0.05, 0) is 116 Å². The maximum atomic E-state index is 12.8. The zero-order valence-corrected chi connectivity index (χ0v) is 46.6. The average molecular weight is 1010 g/mol. The van der Waals surface area contributed by atoms with Gasteiger partial charge in [-0.15, -0.1) is 0 Å². The maximum absolute atomic E-state index is 12.8. The highest BCUT2D eigenvalue weighted by Gasteiger charge is 2.19. The van der Waals surface area contributed by atoms with Gasteiger partial charge in [0.1, 0.15) is 13.2 Å². The Hall–Kier alpha value is -4.97. The first-order chi connectivity index (χ1) is 36.0. The van der Waals surface area contributed by atoms with E-state index >= 15 is 0 Å². The second kappa shape index (κ2) is 59.6. The van der Waals surface area contributed by atoms with Gasteiger partial charge < -0.3 is 14.2 Å². The van der Waals surface area contributed by atoms with E-state index in [1.165, 1.54) is 38.5 Å². The fraction of sp³-hybridized carbons (Fsp3) is 0.567. The highest BCUT2D eigenvalue weighted by molar-refractivity contribution is 5.71. The molecule has 0 aromatic carbocycles. The van der Waals surface area contributed by atoms with Crippen LogP contribution in [-0.4, -0.2) is 37.2 Å². The molecule has 0 aromatic rings. The first kappa shape index (κ1) is 68.0. The number of carbonyl (C=O) groups is 3. The molecule has 0 heterocycles. The Labute approximate surface area is 448 Å². The lowest BCUT2D eigenvalue weighted by molar-refractivity contribution is -0.166. The molecular weight excluding hydrogens is 901 g/mol. The smallest absolute Gasteiger partial charge is 0.306 e. The van der Waals surface area contributed by atoms with Gasteiger partial charge in [0.25, 0.3) is 0 Å². The number of rotatable bonds is 50. The normalized spacial score (nSPS) is 13.3. The first-order valence-corrected chi connectivity index (χ1v) is 29.0.